The van der Waals surface area contributed by atoms with E-state index in [1.165, 1.54) is 13.2 Å². The van der Waals surface area contributed by atoms with E-state index < -0.39 is 21.9 Å². The Morgan fingerprint density at radius 2 is 1.86 bits per heavy atom. The fourth-order valence-electron chi connectivity index (χ4n) is 3.03. The molecule has 0 aliphatic heterocycles. The number of pyridine rings is 1. The molecule has 0 bridgehead atoms. The number of fused-ring (bicyclic) bond motifs is 1. The number of rotatable bonds is 6. The molecule has 1 N–H and O–H groups in total. The second-order valence-corrected chi connectivity index (χ2v) is 9.29. The van der Waals surface area contributed by atoms with Crippen molar-refractivity contribution in [2.75, 3.05) is 6.26 Å². The molecule has 1 atom stereocenters. The average molecular weight is 434 g/mol. The zero-order valence-corrected chi connectivity index (χ0v) is 17.7. The van der Waals surface area contributed by atoms with Crippen LogP contribution in [0.15, 0.2) is 47.5 Å². The van der Waals surface area contributed by atoms with Gasteiger partial charge in [-0.25, -0.2) is 13.2 Å². The van der Waals surface area contributed by atoms with Gasteiger partial charge in [0, 0.05) is 17.8 Å². The van der Waals surface area contributed by atoms with Crippen molar-refractivity contribution in [3.8, 4) is 5.75 Å². The molecule has 29 heavy (non-hydrogen) atoms. The second kappa shape index (κ2) is 8.00. The predicted octanol–water partition coefficient (Wildman–Crippen LogP) is 4.04. The average Bonchev–Trinajstić information content (AvgIpc) is 2.65. The van der Waals surface area contributed by atoms with E-state index in [0.29, 0.717) is 28.1 Å². The molecule has 0 spiro atoms. The molecular weight excluding hydrogens is 414 g/mol. The third-order valence-electron chi connectivity index (χ3n) is 4.69. The van der Waals surface area contributed by atoms with Crippen LogP contribution in [0.2, 0.25) is 5.02 Å². The largest absolute Gasteiger partial charge is 0.479 e. The summed E-state index contributed by atoms with van der Waals surface area (Å²) in [5.41, 5.74) is 3.23. The predicted molar refractivity (Wildman–Crippen MR) is 112 cm³/mol. The molecule has 6 nitrogen and oxygen atoms in total. The van der Waals surface area contributed by atoms with Gasteiger partial charge in [-0.2, -0.15) is 0 Å². The van der Waals surface area contributed by atoms with Crippen molar-refractivity contribution in [2.24, 2.45) is 0 Å². The Labute approximate surface area is 174 Å². The normalized spacial score (nSPS) is 12.7. The molecule has 0 radical (unpaired) electrons. The lowest BCUT2D eigenvalue weighted by molar-refractivity contribution is -0.144. The number of aliphatic carboxylic acids is 1. The molecule has 0 amide bonds. The Balaban J connectivity index is 2.03. The molecular formula is C21H20ClNO5S. The van der Waals surface area contributed by atoms with Crippen molar-refractivity contribution in [3.05, 3.63) is 64.3 Å². The van der Waals surface area contributed by atoms with Crippen LogP contribution in [0, 0.1) is 6.92 Å². The number of ether oxygens (including phenoxy) is 1. The summed E-state index contributed by atoms with van der Waals surface area (Å²) in [7, 11) is -3.25. The third kappa shape index (κ3) is 4.52. The molecule has 1 aromatic heterocycles. The van der Waals surface area contributed by atoms with Crippen LogP contribution in [0.4, 0.5) is 0 Å². The lowest BCUT2D eigenvalue weighted by Crippen LogP contribution is -2.23. The standard InChI is InChI=1S/C21H20ClNO5S/c1-12-15(10-14-4-6-16(7-5-14)29(3,26)27)11-23-20-17(22)8-9-18(19(12)20)28-13(2)21(24)25/h4-9,11,13H,10H2,1-3H3,(H,24,25). The Morgan fingerprint density at radius 3 is 2.45 bits per heavy atom. The summed E-state index contributed by atoms with van der Waals surface area (Å²) in [5, 5.41) is 10.3. The highest BCUT2D eigenvalue weighted by Gasteiger charge is 2.18. The van der Waals surface area contributed by atoms with Crippen molar-refractivity contribution >= 4 is 38.3 Å². The third-order valence-corrected chi connectivity index (χ3v) is 6.13. The Morgan fingerprint density at radius 1 is 1.21 bits per heavy atom. The van der Waals surface area contributed by atoms with Gasteiger partial charge in [0.15, 0.2) is 15.9 Å². The Hall–Kier alpha value is -2.64. The quantitative estimate of drug-likeness (QED) is 0.630. The lowest BCUT2D eigenvalue weighted by Gasteiger charge is -2.16. The fourth-order valence-corrected chi connectivity index (χ4v) is 3.86. The van der Waals surface area contributed by atoms with E-state index in [-0.39, 0.29) is 4.90 Å². The number of benzene rings is 2. The molecule has 0 saturated heterocycles. The van der Waals surface area contributed by atoms with Gasteiger partial charge < -0.3 is 9.84 Å². The van der Waals surface area contributed by atoms with Gasteiger partial charge in [0.2, 0.25) is 0 Å². The number of aromatic nitrogens is 1. The lowest BCUT2D eigenvalue weighted by atomic mass is 9.98. The van der Waals surface area contributed by atoms with Gasteiger partial charge >= 0.3 is 5.97 Å². The van der Waals surface area contributed by atoms with Gasteiger partial charge in [-0.1, -0.05) is 23.7 Å². The number of carboxylic acids is 1. The summed E-state index contributed by atoms with van der Waals surface area (Å²) in [4.78, 5) is 15.9. The molecule has 1 unspecified atom stereocenters. The molecule has 3 rings (SSSR count). The van der Waals surface area contributed by atoms with Crippen LogP contribution < -0.4 is 4.74 Å². The number of hydrogen-bond acceptors (Lipinski definition) is 5. The van der Waals surface area contributed by atoms with Crippen molar-refractivity contribution < 1.29 is 23.1 Å². The van der Waals surface area contributed by atoms with Crippen LogP contribution in [0.1, 0.15) is 23.6 Å². The minimum Gasteiger partial charge on any atom is -0.479 e. The second-order valence-electron chi connectivity index (χ2n) is 6.87. The van der Waals surface area contributed by atoms with Crippen LogP contribution in [0.3, 0.4) is 0 Å². The zero-order chi connectivity index (χ0) is 21.3. The number of halogens is 1. The number of sulfone groups is 1. The van der Waals surface area contributed by atoms with E-state index in [0.717, 1.165) is 16.7 Å². The van der Waals surface area contributed by atoms with Crippen molar-refractivity contribution in [3.63, 3.8) is 0 Å². The molecule has 0 aliphatic carbocycles. The van der Waals surface area contributed by atoms with Crippen LogP contribution in [-0.2, 0) is 21.1 Å². The highest BCUT2D eigenvalue weighted by Crippen LogP contribution is 2.35. The monoisotopic (exact) mass is 433 g/mol. The maximum Gasteiger partial charge on any atom is 0.344 e. The van der Waals surface area contributed by atoms with Gasteiger partial charge in [0.1, 0.15) is 5.75 Å². The molecule has 0 fully saturated rings. The molecule has 0 saturated carbocycles. The first-order valence-corrected chi connectivity index (χ1v) is 11.1. The molecule has 3 aromatic rings. The van der Waals surface area contributed by atoms with E-state index >= 15 is 0 Å². The van der Waals surface area contributed by atoms with Crippen LogP contribution in [0.5, 0.6) is 5.75 Å². The fraction of sp³-hybridized carbons (Fsp3) is 0.238. The van der Waals surface area contributed by atoms with Gasteiger partial charge in [-0.3, -0.25) is 4.98 Å². The highest BCUT2D eigenvalue weighted by atomic mass is 35.5. The van der Waals surface area contributed by atoms with Crippen molar-refractivity contribution in [1.29, 1.82) is 0 Å². The van der Waals surface area contributed by atoms with Crippen LogP contribution in [0.25, 0.3) is 10.9 Å². The van der Waals surface area contributed by atoms with E-state index in [1.54, 1.807) is 42.6 Å². The topological polar surface area (TPSA) is 93.6 Å². The summed E-state index contributed by atoms with van der Waals surface area (Å²) >= 11 is 6.28. The summed E-state index contributed by atoms with van der Waals surface area (Å²) in [5.74, 6) is -0.667. The van der Waals surface area contributed by atoms with Crippen LogP contribution >= 0.6 is 11.6 Å². The maximum atomic E-state index is 11.6. The van der Waals surface area contributed by atoms with Gasteiger partial charge in [0.25, 0.3) is 0 Å². The summed E-state index contributed by atoms with van der Waals surface area (Å²) in [6, 6.07) is 9.96. The Kier molecular flexibility index (Phi) is 5.82. The number of nitrogens with zero attached hydrogens (tertiary/aromatic N) is 1. The van der Waals surface area contributed by atoms with Gasteiger partial charge in [-0.15, -0.1) is 0 Å². The van der Waals surface area contributed by atoms with E-state index in [4.69, 9.17) is 21.4 Å². The van der Waals surface area contributed by atoms with E-state index in [9.17, 15) is 13.2 Å². The van der Waals surface area contributed by atoms with E-state index in [2.05, 4.69) is 4.98 Å². The highest BCUT2D eigenvalue weighted by molar-refractivity contribution is 7.90. The number of carbonyl (C=O) groups is 1. The first-order chi connectivity index (χ1) is 13.6. The summed E-state index contributed by atoms with van der Waals surface area (Å²) < 4.78 is 28.9. The molecule has 8 heteroatoms. The zero-order valence-electron chi connectivity index (χ0n) is 16.1. The minimum atomic E-state index is -3.25. The first-order valence-electron chi connectivity index (χ1n) is 8.83. The molecule has 2 aromatic carbocycles. The molecule has 152 valence electrons. The number of hydrogen-bond donors (Lipinski definition) is 1. The number of carboxylic acid groups (broad SMARTS) is 1. The van der Waals surface area contributed by atoms with Gasteiger partial charge in [0.05, 0.1) is 15.4 Å². The molecule has 0 aliphatic rings. The summed E-state index contributed by atoms with van der Waals surface area (Å²) in [6.45, 7) is 3.36. The van der Waals surface area contributed by atoms with E-state index in [1.807, 2.05) is 6.92 Å². The number of aryl methyl sites for hydroxylation is 1. The minimum absolute atomic E-state index is 0.264. The van der Waals surface area contributed by atoms with Crippen molar-refractivity contribution in [2.45, 2.75) is 31.3 Å². The molecule has 1 heterocycles. The van der Waals surface area contributed by atoms with Crippen LogP contribution in [-0.4, -0.2) is 36.8 Å². The SMILES string of the molecule is Cc1c(Cc2ccc(S(C)(=O)=O)cc2)cnc2c(Cl)ccc(OC(C)C(=O)O)c12. The smallest absolute Gasteiger partial charge is 0.344 e. The maximum absolute atomic E-state index is 11.6. The summed E-state index contributed by atoms with van der Waals surface area (Å²) in [6.07, 6.45) is 2.39. The van der Waals surface area contributed by atoms with Gasteiger partial charge in [-0.05, 0) is 61.2 Å². The first kappa shape index (κ1) is 21.1. The Bertz CT molecular complexity index is 1190. The van der Waals surface area contributed by atoms with Crippen molar-refractivity contribution in [1.82, 2.24) is 4.98 Å².